The summed E-state index contributed by atoms with van der Waals surface area (Å²) in [4.78, 5) is 0. The smallest absolute Gasteiger partial charge is 0.133 e. The van der Waals surface area contributed by atoms with Crippen molar-refractivity contribution in [3.8, 4) is 11.8 Å². The maximum atomic E-state index is 9.20. The number of hydrogen-bond donors (Lipinski definition) is 1. The van der Waals surface area contributed by atoms with Crippen molar-refractivity contribution in [2.75, 3.05) is 7.11 Å². The van der Waals surface area contributed by atoms with E-state index in [1.165, 1.54) is 19.2 Å². The molecular weight excluding hydrogens is 166 g/mol. The van der Waals surface area contributed by atoms with Crippen molar-refractivity contribution < 1.29 is 9.84 Å². The van der Waals surface area contributed by atoms with E-state index in [4.69, 9.17) is 10.00 Å². The van der Waals surface area contributed by atoms with Crippen molar-refractivity contribution in [1.82, 2.24) is 0 Å². The molecule has 0 aliphatic carbocycles. The van der Waals surface area contributed by atoms with Gasteiger partial charge in [-0.25, -0.2) is 0 Å². The molecule has 1 N–H and O–H groups in total. The molecule has 3 heteroatoms. The average Bonchev–Trinajstić information content (AvgIpc) is 2.17. The van der Waals surface area contributed by atoms with Gasteiger partial charge in [0, 0.05) is 5.56 Å². The van der Waals surface area contributed by atoms with Crippen LogP contribution in [-0.4, -0.2) is 12.2 Å². The lowest BCUT2D eigenvalue weighted by Crippen LogP contribution is -1.86. The topological polar surface area (TPSA) is 53.2 Å². The highest BCUT2D eigenvalue weighted by molar-refractivity contribution is 5.61. The fraction of sp³-hybridized carbons (Fsp3) is 0.100. The minimum Gasteiger partial charge on any atom is -0.507 e. The van der Waals surface area contributed by atoms with Crippen LogP contribution in [0.1, 0.15) is 11.1 Å². The first-order chi connectivity index (χ1) is 6.19. The number of methoxy groups -OCH3 is 1. The molecule has 0 heterocycles. The molecular formula is C10H9NO2. The first kappa shape index (κ1) is 9.14. The van der Waals surface area contributed by atoms with Crippen LogP contribution in [0.15, 0.2) is 24.8 Å². The Balaban J connectivity index is 3.15. The Morgan fingerprint density at radius 1 is 1.62 bits per heavy atom. The van der Waals surface area contributed by atoms with Gasteiger partial charge in [-0.05, 0) is 18.2 Å². The Hall–Kier alpha value is -1.95. The van der Waals surface area contributed by atoms with E-state index in [1.54, 1.807) is 6.07 Å². The average molecular weight is 175 g/mol. The highest BCUT2D eigenvalue weighted by Crippen LogP contribution is 2.21. The van der Waals surface area contributed by atoms with Crippen molar-refractivity contribution in [1.29, 1.82) is 5.26 Å². The van der Waals surface area contributed by atoms with E-state index < -0.39 is 0 Å². The molecule has 0 bridgehead atoms. The number of nitrogens with zero attached hydrogens (tertiary/aromatic N) is 1. The van der Waals surface area contributed by atoms with Crippen LogP contribution in [0.3, 0.4) is 0 Å². The van der Waals surface area contributed by atoms with E-state index in [-0.39, 0.29) is 11.3 Å². The normalized spacial score (nSPS) is 8.92. The zero-order chi connectivity index (χ0) is 9.84. The van der Waals surface area contributed by atoms with E-state index in [1.807, 2.05) is 6.07 Å². The predicted molar refractivity (Wildman–Crippen MR) is 48.9 cm³/mol. The SMILES string of the molecule is C=C(OC)c1ccc(O)c(C#N)c1. The maximum Gasteiger partial charge on any atom is 0.133 e. The molecule has 0 atom stereocenters. The zero-order valence-corrected chi connectivity index (χ0v) is 7.24. The van der Waals surface area contributed by atoms with Gasteiger partial charge in [-0.3, -0.25) is 0 Å². The van der Waals surface area contributed by atoms with Crippen molar-refractivity contribution in [2.24, 2.45) is 0 Å². The van der Waals surface area contributed by atoms with E-state index in [9.17, 15) is 5.11 Å². The molecule has 1 aromatic carbocycles. The van der Waals surface area contributed by atoms with E-state index in [0.717, 1.165) is 0 Å². The van der Waals surface area contributed by atoms with Crippen molar-refractivity contribution in [2.45, 2.75) is 0 Å². The summed E-state index contributed by atoms with van der Waals surface area (Å²) in [6, 6.07) is 6.48. The van der Waals surface area contributed by atoms with Crippen molar-refractivity contribution in [3.05, 3.63) is 35.9 Å². The summed E-state index contributed by atoms with van der Waals surface area (Å²) in [5.41, 5.74) is 0.910. The van der Waals surface area contributed by atoms with Crippen LogP contribution in [0, 0.1) is 11.3 Å². The summed E-state index contributed by atoms with van der Waals surface area (Å²) < 4.78 is 4.89. The van der Waals surface area contributed by atoms with E-state index in [0.29, 0.717) is 11.3 Å². The van der Waals surface area contributed by atoms with Gasteiger partial charge >= 0.3 is 0 Å². The minimum absolute atomic E-state index is 0.0323. The molecule has 0 aliphatic heterocycles. The second-order valence-corrected chi connectivity index (χ2v) is 2.47. The van der Waals surface area contributed by atoms with E-state index >= 15 is 0 Å². The van der Waals surface area contributed by atoms with Gasteiger partial charge in [0.1, 0.15) is 17.6 Å². The van der Waals surface area contributed by atoms with Crippen LogP contribution in [0.25, 0.3) is 5.76 Å². The number of phenolic OH excluding ortho intramolecular Hbond substituents is 1. The van der Waals surface area contributed by atoms with Gasteiger partial charge in [-0.1, -0.05) is 6.58 Å². The zero-order valence-electron chi connectivity index (χ0n) is 7.24. The molecule has 0 saturated heterocycles. The molecule has 1 aromatic rings. The number of ether oxygens (including phenoxy) is 1. The van der Waals surface area contributed by atoms with Crippen LogP contribution in [0.4, 0.5) is 0 Å². The standard InChI is InChI=1S/C10H9NO2/c1-7(13-2)8-3-4-10(12)9(5-8)6-11/h3-5,12H,1H2,2H3. The number of hydrogen-bond acceptors (Lipinski definition) is 3. The molecule has 0 spiro atoms. The fourth-order valence-corrected chi connectivity index (χ4v) is 0.917. The summed E-state index contributed by atoms with van der Waals surface area (Å²) >= 11 is 0. The first-order valence-electron chi connectivity index (χ1n) is 3.65. The molecule has 0 saturated carbocycles. The molecule has 3 nitrogen and oxygen atoms in total. The second-order valence-electron chi connectivity index (χ2n) is 2.47. The first-order valence-corrected chi connectivity index (χ1v) is 3.65. The van der Waals surface area contributed by atoms with Crippen LogP contribution in [0.5, 0.6) is 5.75 Å². The van der Waals surface area contributed by atoms with Crippen LogP contribution in [-0.2, 0) is 4.74 Å². The van der Waals surface area contributed by atoms with Crippen molar-refractivity contribution in [3.63, 3.8) is 0 Å². The van der Waals surface area contributed by atoms with Crippen LogP contribution < -0.4 is 0 Å². The quantitative estimate of drug-likeness (QED) is 0.698. The van der Waals surface area contributed by atoms with Crippen LogP contribution >= 0.6 is 0 Å². The molecule has 0 fully saturated rings. The lowest BCUT2D eigenvalue weighted by molar-refractivity contribution is 0.371. The van der Waals surface area contributed by atoms with Gasteiger partial charge in [-0.2, -0.15) is 5.26 Å². The van der Waals surface area contributed by atoms with Gasteiger partial charge in [-0.15, -0.1) is 0 Å². The molecule has 0 unspecified atom stereocenters. The molecule has 0 aromatic heterocycles. The summed E-state index contributed by atoms with van der Waals surface area (Å²) in [5.74, 6) is 0.437. The summed E-state index contributed by atoms with van der Waals surface area (Å²) in [6.45, 7) is 3.64. The number of phenols is 1. The third-order valence-electron chi connectivity index (χ3n) is 1.69. The number of nitriles is 1. The minimum atomic E-state index is -0.0323. The molecule has 13 heavy (non-hydrogen) atoms. The highest BCUT2D eigenvalue weighted by Gasteiger charge is 2.03. The molecule has 0 radical (unpaired) electrons. The van der Waals surface area contributed by atoms with Gasteiger partial charge in [0.25, 0.3) is 0 Å². The third-order valence-corrected chi connectivity index (χ3v) is 1.69. The van der Waals surface area contributed by atoms with E-state index in [2.05, 4.69) is 6.58 Å². The number of benzene rings is 1. The highest BCUT2D eigenvalue weighted by atomic mass is 16.5. The number of aromatic hydroxyl groups is 1. The monoisotopic (exact) mass is 175 g/mol. The predicted octanol–water partition coefficient (Wildman–Crippen LogP) is 1.88. The Labute approximate surface area is 76.5 Å². The maximum absolute atomic E-state index is 9.20. The lowest BCUT2D eigenvalue weighted by atomic mass is 10.1. The molecule has 1 rings (SSSR count). The van der Waals surface area contributed by atoms with Gasteiger partial charge in [0.2, 0.25) is 0 Å². The largest absolute Gasteiger partial charge is 0.507 e. The fourth-order valence-electron chi connectivity index (χ4n) is 0.917. The molecule has 66 valence electrons. The Morgan fingerprint density at radius 3 is 2.85 bits per heavy atom. The summed E-state index contributed by atoms with van der Waals surface area (Å²) in [6.07, 6.45) is 0. The molecule has 0 aliphatic rings. The second kappa shape index (κ2) is 3.63. The third kappa shape index (κ3) is 1.79. The summed E-state index contributed by atoms with van der Waals surface area (Å²) in [5, 5.41) is 17.8. The Bertz CT molecular complexity index is 377. The number of rotatable bonds is 2. The lowest BCUT2D eigenvalue weighted by Gasteiger charge is -2.04. The van der Waals surface area contributed by atoms with Gasteiger partial charge in [0.05, 0.1) is 12.7 Å². The Morgan fingerprint density at radius 2 is 2.31 bits per heavy atom. The van der Waals surface area contributed by atoms with Gasteiger partial charge < -0.3 is 9.84 Å². The molecule has 0 amide bonds. The summed E-state index contributed by atoms with van der Waals surface area (Å²) in [7, 11) is 1.50. The van der Waals surface area contributed by atoms with Crippen molar-refractivity contribution >= 4 is 5.76 Å². The Kier molecular flexibility index (Phi) is 2.56. The van der Waals surface area contributed by atoms with Gasteiger partial charge in [0.15, 0.2) is 0 Å². The van der Waals surface area contributed by atoms with Crippen LogP contribution in [0.2, 0.25) is 0 Å².